The number of Topliss-reactive ketones (excluding diaryl/α,β-unsaturated/α-hetero) is 1. The number of fused-ring (bicyclic) bond motifs is 1. The largest absolute Gasteiger partial charge is 0.294 e. The third-order valence-corrected chi connectivity index (χ3v) is 3.78. The van der Waals surface area contributed by atoms with E-state index in [0.717, 1.165) is 12.8 Å². The zero-order valence-electron chi connectivity index (χ0n) is 10.8. The third-order valence-electron chi connectivity index (χ3n) is 3.78. The Bertz CT molecular complexity index is 651. The SMILES string of the molecule is O=C(c1ccc([N+](=O)[O-])cc1)C1Cc2ccccc2C1. The average Bonchev–Trinajstić information content (AvgIpc) is 2.90. The zero-order chi connectivity index (χ0) is 14.1. The van der Waals surface area contributed by atoms with Gasteiger partial charge >= 0.3 is 0 Å². The second kappa shape index (κ2) is 4.89. The van der Waals surface area contributed by atoms with E-state index in [9.17, 15) is 14.9 Å². The first-order chi connectivity index (χ1) is 9.65. The Hall–Kier alpha value is -2.49. The molecule has 0 aliphatic heterocycles. The highest BCUT2D eigenvalue weighted by Crippen LogP contribution is 2.29. The zero-order valence-corrected chi connectivity index (χ0v) is 10.8. The molecular formula is C16H13NO3. The van der Waals surface area contributed by atoms with Gasteiger partial charge in [0.25, 0.3) is 5.69 Å². The second-order valence-corrected chi connectivity index (χ2v) is 5.04. The van der Waals surface area contributed by atoms with E-state index in [-0.39, 0.29) is 17.4 Å². The Kier molecular flexibility index (Phi) is 3.06. The molecule has 0 heterocycles. The van der Waals surface area contributed by atoms with Crippen molar-refractivity contribution in [2.75, 3.05) is 0 Å². The number of hydrogen-bond acceptors (Lipinski definition) is 3. The fourth-order valence-electron chi connectivity index (χ4n) is 2.73. The lowest BCUT2D eigenvalue weighted by Gasteiger charge is -2.07. The molecule has 2 aromatic carbocycles. The van der Waals surface area contributed by atoms with Crippen LogP contribution in [0.5, 0.6) is 0 Å². The third kappa shape index (κ3) is 2.20. The van der Waals surface area contributed by atoms with Gasteiger partial charge in [-0.25, -0.2) is 0 Å². The molecule has 4 nitrogen and oxygen atoms in total. The number of rotatable bonds is 3. The van der Waals surface area contributed by atoms with Gasteiger partial charge in [0.1, 0.15) is 0 Å². The maximum atomic E-state index is 12.4. The monoisotopic (exact) mass is 267 g/mol. The van der Waals surface area contributed by atoms with Gasteiger partial charge < -0.3 is 0 Å². The van der Waals surface area contributed by atoms with Crippen molar-refractivity contribution in [3.8, 4) is 0 Å². The standard InChI is InChI=1S/C16H13NO3/c18-16(11-5-7-15(8-6-11)17(19)20)14-9-12-3-1-2-4-13(12)10-14/h1-8,14H,9-10H2. The second-order valence-electron chi connectivity index (χ2n) is 5.04. The summed E-state index contributed by atoms with van der Waals surface area (Å²) >= 11 is 0. The highest BCUT2D eigenvalue weighted by atomic mass is 16.6. The van der Waals surface area contributed by atoms with Gasteiger partial charge in [0, 0.05) is 23.6 Å². The first-order valence-electron chi connectivity index (χ1n) is 6.50. The Morgan fingerprint density at radius 3 is 2.05 bits per heavy atom. The van der Waals surface area contributed by atoms with Crippen molar-refractivity contribution in [2.45, 2.75) is 12.8 Å². The van der Waals surface area contributed by atoms with Gasteiger partial charge in [0.15, 0.2) is 5.78 Å². The number of benzene rings is 2. The summed E-state index contributed by atoms with van der Waals surface area (Å²) in [6.07, 6.45) is 1.51. The van der Waals surface area contributed by atoms with Gasteiger partial charge in [-0.05, 0) is 36.1 Å². The average molecular weight is 267 g/mol. The van der Waals surface area contributed by atoms with Crippen molar-refractivity contribution in [3.05, 3.63) is 75.3 Å². The lowest BCUT2D eigenvalue weighted by molar-refractivity contribution is -0.384. The van der Waals surface area contributed by atoms with Crippen molar-refractivity contribution in [3.63, 3.8) is 0 Å². The molecule has 0 N–H and O–H groups in total. The molecule has 0 saturated heterocycles. The Labute approximate surface area is 116 Å². The van der Waals surface area contributed by atoms with Crippen LogP contribution in [0.15, 0.2) is 48.5 Å². The number of ketones is 1. The van der Waals surface area contributed by atoms with Crippen LogP contribution in [0.4, 0.5) is 5.69 Å². The smallest absolute Gasteiger partial charge is 0.269 e. The fourth-order valence-corrected chi connectivity index (χ4v) is 2.73. The minimum atomic E-state index is -0.459. The quantitative estimate of drug-likeness (QED) is 0.487. The summed E-state index contributed by atoms with van der Waals surface area (Å²) in [5.74, 6) is 0.0185. The predicted octanol–water partition coefficient (Wildman–Crippen LogP) is 3.19. The Balaban J connectivity index is 1.79. The molecule has 1 aliphatic carbocycles. The maximum absolute atomic E-state index is 12.4. The minimum absolute atomic E-state index is 0.0104. The summed E-state index contributed by atoms with van der Waals surface area (Å²) in [7, 11) is 0. The maximum Gasteiger partial charge on any atom is 0.269 e. The summed E-state index contributed by atoms with van der Waals surface area (Å²) in [6, 6.07) is 13.9. The van der Waals surface area contributed by atoms with Crippen LogP contribution in [0.2, 0.25) is 0 Å². The van der Waals surface area contributed by atoms with Crippen LogP contribution in [0.1, 0.15) is 21.5 Å². The summed E-state index contributed by atoms with van der Waals surface area (Å²) in [5, 5.41) is 10.6. The van der Waals surface area contributed by atoms with E-state index in [0.29, 0.717) is 5.56 Å². The van der Waals surface area contributed by atoms with E-state index < -0.39 is 4.92 Å². The van der Waals surface area contributed by atoms with E-state index in [1.807, 2.05) is 12.1 Å². The number of carbonyl (C=O) groups is 1. The molecule has 2 aromatic rings. The normalized spacial score (nSPS) is 14.0. The van der Waals surface area contributed by atoms with Crippen molar-refractivity contribution in [1.29, 1.82) is 0 Å². The molecule has 0 bridgehead atoms. The van der Waals surface area contributed by atoms with Gasteiger partial charge in [-0.2, -0.15) is 0 Å². The summed E-state index contributed by atoms with van der Waals surface area (Å²) in [4.78, 5) is 22.6. The van der Waals surface area contributed by atoms with Crippen molar-refractivity contribution in [2.24, 2.45) is 5.92 Å². The molecule has 4 heteroatoms. The van der Waals surface area contributed by atoms with Gasteiger partial charge in [0.2, 0.25) is 0 Å². The van der Waals surface area contributed by atoms with E-state index >= 15 is 0 Å². The summed E-state index contributed by atoms with van der Waals surface area (Å²) in [6.45, 7) is 0. The van der Waals surface area contributed by atoms with Crippen LogP contribution in [0.25, 0.3) is 0 Å². The Morgan fingerprint density at radius 2 is 1.55 bits per heavy atom. The van der Waals surface area contributed by atoms with E-state index in [1.54, 1.807) is 12.1 Å². The van der Waals surface area contributed by atoms with Crippen LogP contribution in [-0.4, -0.2) is 10.7 Å². The van der Waals surface area contributed by atoms with Gasteiger partial charge in [-0.15, -0.1) is 0 Å². The number of non-ortho nitro benzene ring substituents is 1. The van der Waals surface area contributed by atoms with Crippen LogP contribution < -0.4 is 0 Å². The lowest BCUT2D eigenvalue weighted by atomic mass is 9.95. The number of carbonyl (C=O) groups excluding carboxylic acids is 1. The first kappa shape index (κ1) is 12.5. The molecular weight excluding hydrogens is 254 g/mol. The van der Waals surface area contributed by atoms with E-state index in [1.165, 1.54) is 23.3 Å². The molecule has 0 saturated carbocycles. The molecule has 0 atom stereocenters. The minimum Gasteiger partial charge on any atom is -0.294 e. The van der Waals surface area contributed by atoms with E-state index in [4.69, 9.17) is 0 Å². The molecule has 0 fully saturated rings. The first-order valence-corrected chi connectivity index (χ1v) is 6.50. The molecule has 100 valence electrons. The fraction of sp³-hybridized carbons (Fsp3) is 0.188. The molecule has 0 spiro atoms. The van der Waals surface area contributed by atoms with Gasteiger partial charge in [0.05, 0.1) is 4.92 Å². The number of nitro benzene ring substituents is 1. The number of nitrogens with zero attached hydrogens (tertiary/aromatic N) is 1. The van der Waals surface area contributed by atoms with Crippen LogP contribution in [-0.2, 0) is 12.8 Å². The van der Waals surface area contributed by atoms with E-state index in [2.05, 4.69) is 12.1 Å². The molecule has 1 aliphatic rings. The van der Waals surface area contributed by atoms with Gasteiger partial charge in [-0.3, -0.25) is 14.9 Å². The number of hydrogen-bond donors (Lipinski definition) is 0. The van der Waals surface area contributed by atoms with Crippen LogP contribution in [0.3, 0.4) is 0 Å². The lowest BCUT2D eigenvalue weighted by Crippen LogP contribution is -2.14. The molecule has 0 amide bonds. The summed E-state index contributed by atoms with van der Waals surface area (Å²) < 4.78 is 0. The number of nitro groups is 1. The molecule has 20 heavy (non-hydrogen) atoms. The summed E-state index contributed by atoms with van der Waals surface area (Å²) in [5.41, 5.74) is 3.02. The molecule has 3 rings (SSSR count). The molecule has 0 radical (unpaired) electrons. The van der Waals surface area contributed by atoms with Crippen molar-refractivity contribution in [1.82, 2.24) is 0 Å². The molecule has 0 unspecified atom stereocenters. The highest BCUT2D eigenvalue weighted by Gasteiger charge is 2.27. The van der Waals surface area contributed by atoms with Crippen molar-refractivity contribution < 1.29 is 9.72 Å². The van der Waals surface area contributed by atoms with Crippen LogP contribution in [0, 0.1) is 16.0 Å². The van der Waals surface area contributed by atoms with Crippen LogP contribution >= 0.6 is 0 Å². The Morgan fingerprint density at radius 1 is 1.00 bits per heavy atom. The van der Waals surface area contributed by atoms with Gasteiger partial charge in [-0.1, -0.05) is 24.3 Å². The topological polar surface area (TPSA) is 60.2 Å². The highest BCUT2D eigenvalue weighted by molar-refractivity contribution is 5.98. The molecule has 0 aromatic heterocycles. The predicted molar refractivity (Wildman–Crippen MR) is 74.8 cm³/mol. The van der Waals surface area contributed by atoms with Crippen molar-refractivity contribution >= 4 is 11.5 Å².